The quantitative estimate of drug-likeness (QED) is 0.303. The number of fused-ring (bicyclic) bond motifs is 3. The van der Waals surface area contributed by atoms with E-state index in [-0.39, 0.29) is 11.6 Å². The van der Waals surface area contributed by atoms with Gasteiger partial charge in [0.1, 0.15) is 5.52 Å². The molecule has 0 bridgehead atoms. The molecule has 134 valence electrons. The minimum Gasteiger partial charge on any atom is -0.327 e. The van der Waals surface area contributed by atoms with Crippen molar-refractivity contribution in [3.63, 3.8) is 0 Å². The molecule has 4 aromatic rings. The maximum Gasteiger partial charge on any atom is 0.269 e. The Morgan fingerprint density at radius 3 is 2.74 bits per heavy atom. The Bertz CT molecular complexity index is 1200. The number of non-ortho nitro benzene ring substituents is 1. The Morgan fingerprint density at radius 1 is 1.22 bits per heavy atom. The van der Waals surface area contributed by atoms with Crippen LogP contribution in [0.5, 0.6) is 0 Å². The predicted molar refractivity (Wildman–Crippen MR) is 106 cm³/mol. The number of nitrogens with zero attached hydrogens (tertiary/aromatic N) is 6. The van der Waals surface area contributed by atoms with Crippen molar-refractivity contribution >= 4 is 55.8 Å². The van der Waals surface area contributed by atoms with E-state index < -0.39 is 4.92 Å². The van der Waals surface area contributed by atoms with E-state index in [1.54, 1.807) is 12.1 Å². The summed E-state index contributed by atoms with van der Waals surface area (Å²) in [6, 6.07) is 12.0. The molecular weight excluding hydrogens is 414 g/mol. The van der Waals surface area contributed by atoms with E-state index in [1.807, 2.05) is 29.8 Å². The summed E-state index contributed by atoms with van der Waals surface area (Å²) < 4.78 is 2.90. The number of benzene rings is 2. The molecule has 2 heterocycles. The van der Waals surface area contributed by atoms with Crippen LogP contribution in [0.3, 0.4) is 0 Å². The molecule has 2 aromatic heterocycles. The predicted octanol–water partition coefficient (Wildman–Crippen LogP) is 3.63. The second-order valence-corrected chi connectivity index (χ2v) is 6.66. The van der Waals surface area contributed by atoms with Crippen LogP contribution in [0.2, 0.25) is 0 Å². The number of anilines is 1. The molecular formula is C17H12BrN7O2. The number of aryl methyl sites for hydroxylation is 1. The van der Waals surface area contributed by atoms with E-state index in [4.69, 9.17) is 0 Å². The number of nitro groups is 1. The summed E-state index contributed by atoms with van der Waals surface area (Å²) in [6.07, 6.45) is 1.52. The van der Waals surface area contributed by atoms with E-state index in [9.17, 15) is 10.1 Å². The normalized spacial score (nSPS) is 11.5. The molecule has 2 aromatic carbocycles. The monoisotopic (exact) mass is 425 g/mol. The van der Waals surface area contributed by atoms with Gasteiger partial charge in [0, 0.05) is 29.0 Å². The molecule has 0 spiro atoms. The van der Waals surface area contributed by atoms with Gasteiger partial charge in [-0.2, -0.15) is 10.1 Å². The van der Waals surface area contributed by atoms with E-state index in [0.717, 1.165) is 15.4 Å². The fourth-order valence-corrected chi connectivity index (χ4v) is 3.09. The average molecular weight is 426 g/mol. The van der Waals surface area contributed by atoms with Crippen LogP contribution in [-0.2, 0) is 7.05 Å². The number of aromatic nitrogens is 4. The van der Waals surface area contributed by atoms with Crippen molar-refractivity contribution in [2.24, 2.45) is 12.1 Å². The number of hydrogen-bond donors (Lipinski definition) is 1. The van der Waals surface area contributed by atoms with Crippen LogP contribution >= 0.6 is 15.9 Å². The van der Waals surface area contributed by atoms with E-state index in [0.29, 0.717) is 16.7 Å². The van der Waals surface area contributed by atoms with Crippen LogP contribution in [0, 0.1) is 10.1 Å². The van der Waals surface area contributed by atoms with Crippen LogP contribution < -0.4 is 5.43 Å². The van der Waals surface area contributed by atoms with Gasteiger partial charge in [0.2, 0.25) is 0 Å². The third-order valence-corrected chi connectivity index (χ3v) is 4.54. The van der Waals surface area contributed by atoms with Gasteiger partial charge in [0.15, 0.2) is 5.65 Å². The molecule has 0 radical (unpaired) electrons. The molecule has 4 rings (SSSR count). The molecule has 0 aliphatic carbocycles. The third-order valence-electron chi connectivity index (χ3n) is 4.04. The molecule has 0 atom stereocenters. The minimum absolute atomic E-state index is 0.0282. The highest BCUT2D eigenvalue weighted by Crippen LogP contribution is 2.28. The first kappa shape index (κ1) is 17.0. The van der Waals surface area contributed by atoms with Crippen molar-refractivity contribution in [2.45, 2.75) is 0 Å². The fraction of sp³-hybridized carbons (Fsp3) is 0.0588. The molecule has 0 aliphatic rings. The molecule has 0 amide bonds. The van der Waals surface area contributed by atoms with Crippen molar-refractivity contribution in [3.8, 4) is 0 Å². The molecule has 27 heavy (non-hydrogen) atoms. The third kappa shape index (κ3) is 3.22. The van der Waals surface area contributed by atoms with Gasteiger partial charge in [0.05, 0.1) is 16.7 Å². The van der Waals surface area contributed by atoms with Gasteiger partial charge in [-0.15, -0.1) is 10.2 Å². The molecule has 1 N–H and O–H groups in total. The SMILES string of the molecule is Cn1c2ccc(Br)cc2c2nnc(N/N=C\c3ccc([N+](=O)[O-])cc3)nc21. The lowest BCUT2D eigenvalue weighted by molar-refractivity contribution is -0.384. The van der Waals surface area contributed by atoms with Gasteiger partial charge in [-0.3, -0.25) is 10.1 Å². The highest BCUT2D eigenvalue weighted by Gasteiger charge is 2.12. The molecule has 0 saturated heterocycles. The van der Waals surface area contributed by atoms with Crippen molar-refractivity contribution < 1.29 is 4.92 Å². The van der Waals surface area contributed by atoms with Crippen molar-refractivity contribution in [2.75, 3.05) is 5.43 Å². The lowest BCUT2D eigenvalue weighted by atomic mass is 10.2. The lowest BCUT2D eigenvalue weighted by Gasteiger charge is -1.99. The number of halogens is 1. The summed E-state index contributed by atoms with van der Waals surface area (Å²) in [6.45, 7) is 0. The Hall–Kier alpha value is -3.40. The molecule has 0 unspecified atom stereocenters. The minimum atomic E-state index is -0.448. The molecule has 10 heteroatoms. The smallest absolute Gasteiger partial charge is 0.269 e. The number of rotatable bonds is 4. The topological polar surface area (TPSA) is 111 Å². The molecule has 9 nitrogen and oxygen atoms in total. The first-order valence-corrected chi connectivity index (χ1v) is 8.64. The zero-order chi connectivity index (χ0) is 19.0. The number of nitrogens with one attached hydrogen (secondary N) is 1. The van der Waals surface area contributed by atoms with Gasteiger partial charge in [-0.1, -0.05) is 15.9 Å². The van der Waals surface area contributed by atoms with Crippen LogP contribution in [0.15, 0.2) is 52.0 Å². The van der Waals surface area contributed by atoms with Crippen LogP contribution in [0.4, 0.5) is 11.6 Å². The van der Waals surface area contributed by atoms with Crippen molar-refractivity contribution in [3.05, 3.63) is 62.6 Å². The van der Waals surface area contributed by atoms with Gasteiger partial charge < -0.3 is 4.57 Å². The second kappa shape index (κ2) is 6.72. The van der Waals surface area contributed by atoms with E-state index in [2.05, 4.69) is 41.6 Å². The van der Waals surface area contributed by atoms with Crippen LogP contribution in [0.1, 0.15) is 5.56 Å². The van der Waals surface area contributed by atoms with Crippen LogP contribution in [0.25, 0.3) is 22.1 Å². The molecule has 0 saturated carbocycles. The van der Waals surface area contributed by atoms with Crippen molar-refractivity contribution in [1.29, 1.82) is 0 Å². The van der Waals surface area contributed by atoms with Gasteiger partial charge in [0.25, 0.3) is 11.6 Å². The highest BCUT2D eigenvalue weighted by molar-refractivity contribution is 9.10. The standard InChI is InChI=1S/C17H12BrN7O2/c1-24-14-7-4-11(18)8-13(14)15-16(24)20-17(23-21-15)22-19-9-10-2-5-12(6-3-10)25(26)27/h2-9H,1H3,(H,20,22,23)/b19-9-. The largest absolute Gasteiger partial charge is 0.327 e. The first-order valence-electron chi connectivity index (χ1n) is 7.85. The Labute approximate surface area is 161 Å². The summed E-state index contributed by atoms with van der Waals surface area (Å²) in [4.78, 5) is 14.7. The first-order chi connectivity index (χ1) is 13.0. The number of nitro benzene ring substituents is 1. The van der Waals surface area contributed by atoms with Crippen LogP contribution in [-0.4, -0.2) is 30.9 Å². The maximum absolute atomic E-state index is 10.7. The lowest BCUT2D eigenvalue weighted by Crippen LogP contribution is -2.00. The maximum atomic E-state index is 10.7. The average Bonchev–Trinajstić information content (AvgIpc) is 2.94. The summed E-state index contributed by atoms with van der Waals surface area (Å²) in [7, 11) is 1.91. The van der Waals surface area contributed by atoms with Gasteiger partial charge in [-0.25, -0.2) is 5.43 Å². The van der Waals surface area contributed by atoms with E-state index in [1.165, 1.54) is 18.3 Å². The summed E-state index contributed by atoms with van der Waals surface area (Å²) in [5.74, 6) is 0.255. The molecule has 0 aliphatic heterocycles. The Kier molecular flexibility index (Phi) is 4.24. The summed E-state index contributed by atoms with van der Waals surface area (Å²) in [5, 5.41) is 24.0. The van der Waals surface area contributed by atoms with E-state index >= 15 is 0 Å². The second-order valence-electron chi connectivity index (χ2n) is 5.75. The highest BCUT2D eigenvalue weighted by atomic mass is 79.9. The summed E-state index contributed by atoms with van der Waals surface area (Å²) >= 11 is 3.46. The number of hydrogen-bond acceptors (Lipinski definition) is 7. The fourth-order valence-electron chi connectivity index (χ4n) is 2.72. The number of hydrazone groups is 1. The molecule has 0 fully saturated rings. The van der Waals surface area contributed by atoms with Crippen molar-refractivity contribution in [1.82, 2.24) is 19.7 Å². The zero-order valence-electron chi connectivity index (χ0n) is 14.0. The zero-order valence-corrected chi connectivity index (χ0v) is 15.6. The Morgan fingerprint density at radius 2 is 2.00 bits per heavy atom. The van der Waals surface area contributed by atoms with Gasteiger partial charge in [-0.05, 0) is 35.9 Å². The Balaban J connectivity index is 1.60. The van der Waals surface area contributed by atoms with Gasteiger partial charge >= 0.3 is 0 Å². The summed E-state index contributed by atoms with van der Waals surface area (Å²) in [5.41, 5.74) is 5.86.